The average Bonchev–Trinajstić information content (AvgIpc) is 2.37. The maximum Gasteiger partial charge on any atom is 0.401 e. The summed E-state index contributed by atoms with van der Waals surface area (Å²) in [7, 11) is 0. The van der Waals surface area contributed by atoms with E-state index in [1.807, 2.05) is 38.1 Å². The second kappa shape index (κ2) is 8.15. The number of nitrogens with two attached hydrogens (primary N) is 1. The lowest BCUT2D eigenvalue weighted by molar-refractivity contribution is -0.152. The fraction of sp³-hybridized carbons (Fsp3) is 0.600. The van der Waals surface area contributed by atoms with Gasteiger partial charge in [0.05, 0.1) is 12.6 Å². The van der Waals surface area contributed by atoms with E-state index in [1.165, 1.54) is 4.90 Å². The van der Waals surface area contributed by atoms with Crippen molar-refractivity contribution >= 4 is 15.9 Å². The second-order valence-electron chi connectivity index (χ2n) is 5.16. The van der Waals surface area contributed by atoms with Gasteiger partial charge in [-0.2, -0.15) is 13.2 Å². The van der Waals surface area contributed by atoms with Crippen LogP contribution in [0.1, 0.15) is 38.3 Å². The zero-order valence-corrected chi connectivity index (χ0v) is 13.9. The second-order valence-corrected chi connectivity index (χ2v) is 6.07. The van der Waals surface area contributed by atoms with Gasteiger partial charge in [-0.05, 0) is 37.1 Å². The van der Waals surface area contributed by atoms with Crippen molar-refractivity contribution in [3.63, 3.8) is 0 Å². The van der Waals surface area contributed by atoms with Crippen molar-refractivity contribution in [2.45, 2.75) is 44.9 Å². The molecule has 0 saturated heterocycles. The van der Waals surface area contributed by atoms with E-state index in [-0.39, 0.29) is 6.04 Å². The number of halogens is 4. The van der Waals surface area contributed by atoms with Crippen LogP contribution in [-0.2, 0) is 0 Å². The Morgan fingerprint density at radius 3 is 2.43 bits per heavy atom. The molecule has 0 fully saturated rings. The minimum absolute atomic E-state index is 0.340. The molecule has 0 spiro atoms. The summed E-state index contributed by atoms with van der Waals surface area (Å²) in [6, 6.07) is 6.59. The van der Waals surface area contributed by atoms with E-state index in [2.05, 4.69) is 15.9 Å². The van der Waals surface area contributed by atoms with E-state index in [0.717, 1.165) is 10.0 Å². The Morgan fingerprint density at radius 1 is 1.29 bits per heavy atom. The predicted octanol–water partition coefficient (Wildman–Crippen LogP) is 4.50. The van der Waals surface area contributed by atoms with Gasteiger partial charge in [0.2, 0.25) is 0 Å². The molecular formula is C15H22BrF3N2. The van der Waals surface area contributed by atoms with Gasteiger partial charge in [0.1, 0.15) is 0 Å². The standard InChI is InChI=1S/C15H22BrF3N2/c1-3-8-21(10-15(17,18)19)14(13(20)4-2)11-6-5-7-12(16)9-11/h5-7,9,13-14H,3-4,8,10,20H2,1-2H3. The minimum Gasteiger partial charge on any atom is -0.326 e. The topological polar surface area (TPSA) is 29.3 Å². The zero-order valence-electron chi connectivity index (χ0n) is 12.3. The summed E-state index contributed by atoms with van der Waals surface area (Å²) in [5.74, 6) is 0. The summed E-state index contributed by atoms with van der Waals surface area (Å²) in [5, 5.41) is 0. The fourth-order valence-corrected chi connectivity index (χ4v) is 2.89. The van der Waals surface area contributed by atoms with Crippen LogP contribution < -0.4 is 5.73 Å². The molecule has 0 bridgehead atoms. The summed E-state index contributed by atoms with van der Waals surface area (Å²) >= 11 is 3.37. The third kappa shape index (κ3) is 5.96. The summed E-state index contributed by atoms with van der Waals surface area (Å²) < 4.78 is 39.4. The number of hydrogen-bond acceptors (Lipinski definition) is 2. The third-order valence-electron chi connectivity index (χ3n) is 3.35. The quantitative estimate of drug-likeness (QED) is 0.769. The highest BCUT2D eigenvalue weighted by molar-refractivity contribution is 9.10. The molecule has 0 saturated carbocycles. The van der Waals surface area contributed by atoms with Crippen molar-refractivity contribution in [2.24, 2.45) is 5.73 Å². The Morgan fingerprint density at radius 2 is 1.95 bits per heavy atom. The highest BCUT2D eigenvalue weighted by atomic mass is 79.9. The van der Waals surface area contributed by atoms with Crippen LogP contribution in [-0.4, -0.2) is 30.2 Å². The van der Waals surface area contributed by atoms with E-state index < -0.39 is 18.8 Å². The van der Waals surface area contributed by atoms with Crippen molar-refractivity contribution in [3.8, 4) is 0 Å². The monoisotopic (exact) mass is 366 g/mol. The molecule has 1 aromatic rings. The molecule has 0 radical (unpaired) electrons. The van der Waals surface area contributed by atoms with Gasteiger partial charge in [-0.1, -0.05) is 41.9 Å². The summed E-state index contributed by atoms with van der Waals surface area (Å²) in [5.41, 5.74) is 6.94. The minimum atomic E-state index is -4.23. The molecular weight excluding hydrogens is 345 g/mol. The number of alkyl halides is 3. The molecule has 1 aromatic carbocycles. The first kappa shape index (κ1) is 18.5. The predicted molar refractivity (Wildman–Crippen MR) is 83.1 cm³/mol. The molecule has 2 atom stereocenters. The maximum absolute atomic E-state index is 12.9. The Hall–Kier alpha value is -0.590. The molecule has 6 heteroatoms. The van der Waals surface area contributed by atoms with Crippen molar-refractivity contribution in [2.75, 3.05) is 13.1 Å². The first-order valence-electron chi connectivity index (χ1n) is 7.10. The van der Waals surface area contributed by atoms with Gasteiger partial charge < -0.3 is 5.73 Å². The Balaban J connectivity index is 3.13. The lowest BCUT2D eigenvalue weighted by atomic mass is 9.96. The van der Waals surface area contributed by atoms with Crippen molar-refractivity contribution in [1.29, 1.82) is 0 Å². The first-order chi connectivity index (χ1) is 9.78. The molecule has 120 valence electrons. The van der Waals surface area contributed by atoms with Crippen molar-refractivity contribution in [3.05, 3.63) is 34.3 Å². The van der Waals surface area contributed by atoms with E-state index in [4.69, 9.17) is 5.73 Å². The number of hydrogen-bond donors (Lipinski definition) is 1. The zero-order chi connectivity index (χ0) is 16.0. The molecule has 0 aliphatic heterocycles. The molecule has 1 rings (SSSR count). The number of rotatable bonds is 7. The van der Waals surface area contributed by atoms with Crippen molar-refractivity contribution in [1.82, 2.24) is 4.90 Å². The van der Waals surface area contributed by atoms with Gasteiger partial charge in [-0.15, -0.1) is 0 Å². The van der Waals surface area contributed by atoms with Crippen LogP contribution in [0.2, 0.25) is 0 Å². The van der Waals surface area contributed by atoms with Gasteiger partial charge >= 0.3 is 6.18 Å². The molecule has 0 aliphatic carbocycles. The summed E-state index contributed by atoms with van der Waals surface area (Å²) in [6.45, 7) is 3.20. The first-order valence-corrected chi connectivity index (χ1v) is 7.89. The SMILES string of the molecule is CCCN(CC(F)(F)F)C(c1cccc(Br)c1)C(N)CC. The van der Waals surface area contributed by atoms with Crippen LogP contribution >= 0.6 is 15.9 Å². The maximum atomic E-state index is 12.9. The molecule has 0 aliphatic rings. The molecule has 2 N–H and O–H groups in total. The van der Waals surface area contributed by atoms with E-state index >= 15 is 0 Å². The highest BCUT2D eigenvalue weighted by Crippen LogP contribution is 2.30. The largest absolute Gasteiger partial charge is 0.401 e. The van der Waals surface area contributed by atoms with Gasteiger partial charge in [0.15, 0.2) is 0 Å². The van der Waals surface area contributed by atoms with E-state index in [0.29, 0.717) is 19.4 Å². The fourth-order valence-electron chi connectivity index (χ4n) is 2.48. The third-order valence-corrected chi connectivity index (χ3v) is 3.85. The van der Waals surface area contributed by atoms with Crippen LogP contribution in [0.15, 0.2) is 28.7 Å². The Bertz CT molecular complexity index is 437. The van der Waals surface area contributed by atoms with Crippen LogP contribution in [0.3, 0.4) is 0 Å². The van der Waals surface area contributed by atoms with Crippen molar-refractivity contribution < 1.29 is 13.2 Å². The normalized spacial score (nSPS) is 15.2. The smallest absolute Gasteiger partial charge is 0.326 e. The van der Waals surface area contributed by atoms with Gasteiger partial charge in [0.25, 0.3) is 0 Å². The lowest BCUT2D eigenvalue weighted by Crippen LogP contribution is -2.45. The van der Waals surface area contributed by atoms with Crippen LogP contribution in [0.5, 0.6) is 0 Å². The Kier molecular flexibility index (Phi) is 7.16. The van der Waals surface area contributed by atoms with Crippen LogP contribution in [0, 0.1) is 0 Å². The van der Waals surface area contributed by atoms with Gasteiger partial charge in [-0.3, -0.25) is 4.90 Å². The van der Waals surface area contributed by atoms with Gasteiger partial charge in [0, 0.05) is 10.5 Å². The lowest BCUT2D eigenvalue weighted by Gasteiger charge is -2.36. The van der Waals surface area contributed by atoms with E-state index in [9.17, 15) is 13.2 Å². The summed E-state index contributed by atoms with van der Waals surface area (Å²) in [4.78, 5) is 1.44. The molecule has 2 unspecified atom stereocenters. The van der Waals surface area contributed by atoms with Gasteiger partial charge in [-0.25, -0.2) is 0 Å². The Labute approximate surface area is 132 Å². The van der Waals surface area contributed by atoms with Crippen LogP contribution in [0.25, 0.3) is 0 Å². The highest BCUT2D eigenvalue weighted by Gasteiger charge is 2.35. The number of benzene rings is 1. The van der Waals surface area contributed by atoms with Crippen LogP contribution in [0.4, 0.5) is 13.2 Å². The van der Waals surface area contributed by atoms with E-state index in [1.54, 1.807) is 0 Å². The summed E-state index contributed by atoms with van der Waals surface area (Å²) in [6.07, 6.45) is -2.96. The molecule has 2 nitrogen and oxygen atoms in total. The molecule has 21 heavy (non-hydrogen) atoms. The average molecular weight is 367 g/mol. The molecule has 0 aromatic heterocycles. The molecule has 0 amide bonds. The molecule has 0 heterocycles. The number of nitrogens with zero attached hydrogens (tertiary/aromatic N) is 1.